The molecule has 137 heavy (non-hydrogen) atoms. The van der Waals surface area contributed by atoms with Crippen LogP contribution in [-0.4, -0.2) is 250 Å². The highest BCUT2D eigenvalue weighted by atomic mass is 16.4. The summed E-state index contributed by atoms with van der Waals surface area (Å²) in [6.45, 7) is 12.5. The van der Waals surface area contributed by atoms with E-state index in [9.17, 15) is 142 Å². The first-order chi connectivity index (χ1) is 64.5. The fourth-order valence-corrected chi connectivity index (χ4v) is 16.0. The number of nitrogens with one attached hydrogen (secondary N) is 7. The number of aliphatic carboxylic acids is 3. The molecule has 5 rings (SSSR count). The molecule has 0 unspecified atom stereocenters. The highest BCUT2D eigenvalue weighted by Gasteiger charge is 2.43. The lowest BCUT2D eigenvalue weighted by Crippen LogP contribution is -2.52. The van der Waals surface area contributed by atoms with E-state index in [1.54, 1.807) is 90.1 Å². The zero-order valence-electron chi connectivity index (χ0n) is 79.4. The number of fused-ring (bicyclic) bond motifs is 1. The van der Waals surface area contributed by atoms with E-state index in [1.165, 1.54) is 62.4 Å². The Labute approximate surface area is 795 Å². The van der Waals surface area contributed by atoms with Crippen molar-refractivity contribution >= 4 is 117 Å². The van der Waals surface area contributed by atoms with Crippen molar-refractivity contribution in [1.82, 2.24) is 42.1 Å². The molecule has 38 heteroatoms. The maximum atomic E-state index is 14.9. The molecule has 1 aliphatic rings. The van der Waals surface area contributed by atoms with Gasteiger partial charge in [0.2, 0.25) is 41.4 Å². The van der Waals surface area contributed by atoms with Gasteiger partial charge in [0.25, 0.3) is 11.8 Å². The number of amides is 9. The summed E-state index contributed by atoms with van der Waals surface area (Å²) in [6.07, 6.45) is -10.4. The van der Waals surface area contributed by atoms with Crippen LogP contribution in [0.5, 0.6) is 11.5 Å². The van der Waals surface area contributed by atoms with E-state index in [1.807, 2.05) is 0 Å². The third-order valence-electron chi connectivity index (χ3n) is 24.7. The largest absolute Gasteiger partial charge is 0.508 e. The van der Waals surface area contributed by atoms with Crippen LogP contribution in [0.15, 0.2) is 97.1 Å². The molecule has 0 aliphatic carbocycles. The van der Waals surface area contributed by atoms with Gasteiger partial charge in [0.1, 0.15) is 29.1 Å². The zero-order valence-corrected chi connectivity index (χ0v) is 79.4. The van der Waals surface area contributed by atoms with Crippen LogP contribution in [0.3, 0.4) is 0 Å². The lowest BCUT2D eigenvalue weighted by Gasteiger charge is -2.28. The first kappa shape index (κ1) is 115. The molecule has 0 bridgehead atoms. The Kier molecular flexibility index (Phi) is 47.2. The number of hydrogen-bond acceptors (Lipinski definition) is 27. The number of imide groups is 1. The number of benzene rings is 4. The van der Waals surface area contributed by atoms with Gasteiger partial charge in [-0.3, -0.25) is 101 Å². The average molecular weight is 1920 g/mol. The van der Waals surface area contributed by atoms with Crippen LogP contribution in [0.2, 0.25) is 0 Å². The molecule has 1 heterocycles. The Bertz CT molecular complexity index is 4900. The standard InChI is InChI=1S/C99H135N9O29/c1-11-56(5)89(83(120)44-64(39-61-24-29-68(113)30-25-61)92(131)103-75(37-54(2)3)79(116)42-65(47-87(125)126)91(130)102-57(6)19-15-17-35-100)107-94(133)67(52-109)45-80(117)76(41-62-26-31-69(114)32-27-62)104-93(132)66(48-88(127)128)43-81(118)78(53-110)106-96(135)73(59(8)112)50-82(119)77(40-60-20-13-12-14-21-60)105-95(134)72(58(7)111)49-70(115)51-101-90(129)63(28-34-86(123)124)46-85(122)99(9,10)84(121)22-16-18-36-108-97(136)71-33-23-55(4)38-74(71)98(108)137/h12-14,20-21,23-27,29-33,38,54,56-59,63-67,72-73,75-78,89,109-114H,11,15-19,22,28,34-37,39-53,100H2,1-10H3,(H,101,129)(H,102,130)(H,103,131)(H,104,132)(H,105,134)(H,106,135)(H,107,133)(H,123,124)(H,125,126)(H,127,128)/t56-,57+,58+,59+,63+,64+,65-,66-,67-,72-,73-,75-,76-,77-,78-,89-/m0/s1. The van der Waals surface area contributed by atoms with Crippen LogP contribution in [0, 0.1) is 65.6 Å². The maximum absolute atomic E-state index is 14.9. The van der Waals surface area contributed by atoms with E-state index in [2.05, 4.69) is 37.2 Å². The fourth-order valence-electron chi connectivity index (χ4n) is 16.0. The molecule has 0 fully saturated rings. The monoisotopic (exact) mass is 1910 g/mol. The summed E-state index contributed by atoms with van der Waals surface area (Å²) in [5, 5.41) is 111. The van der Waals surface area contributed by atoms with E-state index in [0.717, 1.165) is 24.3 Å². The zero-order chi connectivity index (χ0) is 102. The summed E-state index contributed by atoms with van der Waals surface area (Å²) in [6, 6.07) is 15.2. The van der Waals surface area contributed by atoms with Crippen molar-refractivity contribution in [2.45, 2.75) is 259 Å². The second kappa shape index (κ2) is 56.2. The number of carbonyl (C=O) groups is 20. The Morgan fingerprint density at radius 2 is 0.905 bits per heavy atom. The lowest BCUT2D eigenvalue weighted by molar-refractivity contribution is -0.143. The number of rotatable bonds is 66. The van der Waals surface area contributed by atoms with Gasteiger partial charge in [-0.1, -0.05) is 107 Å². The van der Waals surface area contributed by atoms with Gasteiger partial charge in [-0.15, -0.1) is 0 Å². The van der Waals surface area contributed by atoms with Gasteiger partial charge in [-0.05, 0) is 171 Å². The minimum Gasteiger partial charge on any atom is -0.508 e. The molecular weight excluding hydrogens is 1780 g/mol. The average Bonchev–Trinajstić information content (AvgIpc) is 1.63. The summed E-state index contributed by atoms with van der Waals surface area (Å²) in [5.41, 5.74) is 6.35. The van der Waals surface area contributed by atoms with Gasteiger partial charge >= 0.3 is 17.9 Å². The number of phenols is 2. The maximum Gasteiger partial charge on any atom is 0.304 e. The van der Waals surface area contributed by atoms with E-state index >= 15 is 0 Å². The minimum absolute atomic E-state index is 0.000884. The summed E-state index contributed by atoms with van der Waals surface area (Å²) in [5.74, 6) is -31.6. The number of carbonyl (C=O) groups excluding carboxylic acids is 17. The summed E-state index contributed by atoms with van der Waals surface area (Å²) >= 11 is 0. The number of phenolic OH excluding ortho intramolecular Hbond substituents is 2. The number of aryl methyl sites for hydroxylation is 1. The lowest BCUT2D eigenvalue weighted by atomic mass is 9.77. The number of hydrogen-bond donors (Lipinski definition) is 17. The van der Waals surface area contributed by atoms with Crippen molar-refractivity contribution in [2.75, 3.05) is 32.8 Å². The first-order valence-corrected chi connectivity index (χ1v) is 46.3. The fraction of sp³-hybridized carbons (Fsp3) is 0.556. The van der Waals surface area contributed by atoms with E-state index in [-0.39, 0.29) is 85.6 Å². The van der Waals surface area contributed by atoms with Crippen molar-refractivity contribution in [3.05, 3.63) is 130 Å². The molecule has 0 radical (unpaired) electrons. The van der Waals surface area contributed by atoms with Crippen LogP contribution >= 0.6 is 0 Å². The van der Waals surface area contributed by atoms with Crippen molar-refractivity contribution in [3.8, 4) is 11.5 Å². The molecule has 0 saturated carbocycles. The predicted octanol–water partition coefficient (Wildman–Crippen LogP) is 4.35. The molecular formula is C99H135N9O29. The van der Waals surface area contributed by atoms with E-state index in [0.29, 0.717) is 36.9 Å². The highest BCUT2D eigenvalue weighted by molar-refractivity contribution is 6.21. The number of ketones is 8. The molecule has 38 nitrogen and oxygen atoms in total. The quantitative estimate of drug-likeness (QED) is 0.0166. The number of nitrogens with zero attached hydrogens (tertiary/aromatic N) is 1. The van der Waals surface area contributed by atoms with Crippen molar-refractivity contribution in [2.24, 2.45) is 64.4 Å². The van der Waals surface area contributed by atoms with E-state index in [4.69, 9.17) is 5.73 Å². The number of aliphatic hydroxyl groups is 4. The Balaban J connectivity index is 1.30. The highest BCUT2D eigenvalue weighted by Crippen LogP contribution is 2.31. The third-order valence-corrected chi connectivity index (χ3v) is 24.7. The van der Waals surface area contributed by atoms with Gasteiger partial charge in [0.05, 0.1) is 115 Å². The number of nitrogens with two attached hydrogens (primary N) is 1. The van der Waals surface area contributed by atoms with E-state index < -0.39 is 315 Å². The van der Waals surface area contributed by atoms with Crippen LogP contribution in [-0.2, 0) is 106 Å². The summed E-state index contributed by atoms with van der Waals surface area (Å²) < 4.78 is 0. The molecule has 9 amide bonds. The van der Waals surface area contributed by atoms with Crippen molar-refractivity contribution < 1.29 is 142 Å². The number of Topliss-reactive ketones (excluding diaryl/α,β-unsaturated/α-hetero) is 8. The second-order valence-electron chi connectivity index (χ2n) is 36.8. The number of carboxylic acids is 3. The first-order valence-electron chi connectivity index (χ1n) is 46.3. The number of carboxylic acid groups (broad SMARTS) is 3. The second-order valence-corrected chi connectivity index (χ2v) is 36.8. The smallest absolute Gasteiger partial charge is 0.304 e. The number of aromatic hydroxyl groups is 2. The van der Waals surface area contributed by atoms with Gasteiger partial charge < -0.3 is 88.9 Å². The minimum atomic E-state index is -2.01. The number of unbranched alkanes of at least 4 members (excludes halogenated alkanes) is 2. The SMILES string of the molecule is CC[C@H](C)[C@H](NC(=O)[C@H](CO)CC(=O)[C@H](Cc1ccc(O)cc1)NC(=O)[C@H](CC(=O)O)CC(=O)[C@H](CO)NC(=O)[C@@H](CC(=O)[C@H](Cc1ccccc1)NC(=O)[C@@H](CC(=O)CNC(=O)[C@H](CCC(=O)O)CC(=O)C(C)(C)C(=O)CCCCN1C(=O)c2ccc(C)cc2C1=O)[C@@H](C)O)[C@@H](C)O)C(=O)C[C@@H](Cc1ccc(O)cc1)C(=O)N[C@@H](CC(C)C)C(=O)C[C@@H](CC(=O)O)C(=O)N[C@H](C)CCCCN. The molecule has 4 aromatic carbocycles. The summed E-state index contributed by atoms with van der Waals surface area (Å²) in [7, 11) is 0. The van der Waals surface area contributed by atoms with Crippen molar-refractivity contribution in [1.29, 1.82) is 0 Å². The van der Waals surface area contributed by atoms with Gasteiger partial charge in [-0.2, -0.15) is 0 Å². The van der Waals surface area contributed by atoms with Gasteiger partial charge in [0, 0.05) is 82.2 Å². The molecule has 0 saturated heterocycles. The van der Waals surface area contributed by atoms with Crippen LogP contribution < -0.4 is 43.0 Å². The summed E-state index contributed by atoms with van der Waals surface area (Å²) in [4.78, 5) is 277. The molecule has 16 atom stereocenters. The molecule has 1 aliphatic heterocycles. The predicted molar refractivity (Wildman–Crippen MR) is 496 cm³/mol. The molecule has 18 N–H and O–H groups in total. The molecule has 4 aromatic rings. The van der Waals surface area contributed by atoms with Crippen LogP contribution in [0.1, 0.15) is 227 Å². The Morgan fingerprint density at radius 1 is 0.431 bits per heavy atom. The Hall–Kier alpha value is -12.5. The van der Waals surface area contributed by atoms with Gasteiger partial charge in [-0.25, -0.2) is 0 Å². The topological polar surface area (TPSA) is 637 Å². The molecule has 0 aromatic heterocycles. The number of aliphatic hydroxyl groups excluding tert-OH is 4. The Morgan fingerprint density at radius 3 is 1.43 bits per heavy atom. The van der Waals surface area contributed by atoms with Crippen molar-refractivity contribution in [3.63, 3.8) is 0 Å². The van der Waals surface area contributed by atoms with Gasteiger partial charge in [0.15, 0.2) is 34.7 Å². The molecule has 0 spiro atoms. The normalized spacial score (nSPS) is 15.5. The molecule has 750 valence electrons. The third kappa shape index (κ3) is 37.5. The van der Waals surface area contributed by atoms with Crippen LogP contribution in [0.4, 0.5) is 0 Å². The van der Waals surface area contributed by atoms with Crippen LogP contribution in [0.25, 0.3) is 0 Å².